The second-order valence-corrected chi connectivity index (χ2v) is 7.89. The molecule has 0 aliphatic carbocycles. The summed E-state index contributed by atoms with van der Waals surface area (Å²) >= 11 is 0. The van der Waals surface area contributed by atoms with Gasteiger partial charge in [-0.15, -0.1) is 0 Å². The maximum absolute atomic E-state index is 11.2. The van der Waals surface area contributed by atoms with Crippen molar-refractivity contribution in [2.45, 2.75) is 39.7 Å². The highest BCUT2D eigenvalue weighted by Gasteiger charge is 2.19. The molecule has 1 unspecified atom stereocenters. The van der Waals surface area contributed by atoms with E-state index in [1.54, 1.807) is 14.0 Å². The van der Waals surface area contributed by atoms with Gasteiger partial charge in [-0.25, -0.2) is 0 Å². The maximum atomic E-state index is 11.2. The van der Waals surface area contributed by atoms with Gasteiger partial charge < -0.3 is 14.4 Å². The van der Waals surface area contributed by atoms with Crippen LogP contribution in [0.25, 0.3) is 0 Å². The Labute approximate surface area is 181 Å². The zero-order valence-corrected chi connectivity index (χ0v) is 19.3. The van der Waals surface area contributed by atoms with Crippen molar-refractivity contribution in [1.82, 2.24) is 4.90 Å². The van der Waals surface area contributed by atoms with Crippen molar-refractivity contribution in [2.75, 3.05) is 45.8 Å². The van der Waals surface area contributed by atoms with E-state index in [0.717, 1.165) is 36.8 Å². The minimum absolute atomic E-state index is 0.184. The number of ether oxygens (including phenoxy) is 2. The first-order valence-corrected chi connectivity index (χ1v) is 10.7. The molecule has 5 nitrogen and oxygen atoms in total. The smallest absolute Gasteiger partial charge is 0.143 e. The van der Waals surface area contributed by atoms with Crippen LogP contribution in [0.15, 0.2) is 42.5 Å². The molecule has 30 heavy (non-hydrogen) atoms. The number of hydrogen-bond acceptors (Lipinski definition) is 5. The second-order valence-electron chi connectivity index (χ2n) is 7.89. The van der Waals surface area contributed by atoms with E-state index in [4.69, 9.17) is 9.47 Å². The first kappa shape index (κ1) is 23.7. The third-order valence-electron chi connectivity index (χ3n) is 5.39. The first-order valence-electron chi connectivity index (χ1n) is 10.7. The number of ketones is 1. The molecule has 0 amide bonds. The Morgan fingerprint density at radius 1 is 1.23 bits per heavy atom. The fourth-order valence-corrected chi connectivity index (χ4v) is 3.46. The SMILES string of the molecule is CC(=O)CN(C)C(C)c1ccc2c(c1)OCCN2C.CCCc1ccc(OC)cc1. The van der Waals surface area contributed by atoms with E-state index in [0.29, 0.717) is 6.54 Å². The quantitative estimate of drug-likeness (QED) is 0.657. The Bertz CT molecular complexity index is 805. The van der Waals surface area contributed by atoms with Crippen LogP contribution in [-0.4, -0.2) is 51.6 Å². The number of benzene rings is 2. The molecule has 1 atom stereocenters. The van der Waals surface area contributed by atoms with E-state index >= 15 is 0 Å². The molecule has 164 valence electrons. The predicted octanol–water partition coefficient (Wildman–Crippen LogP) is 4.74. The second kappa shape index (κ2) is 11.6. The number of methoxy groups -OCH3 is 1. The van der Waals surface area contributed by atoms with Crippen LogP contribution < -0.4 is 14.4 Å². The number of aryl methyl sites for hydroxylation is 1. The summed E-state index contributed by atoms with van der Waals surface area (Å²) in [6.45, 7) is 8.03. The van der Waals surface area contributed by atoms with Gasteiger partial charge in [-0.1, -0.05) is 31.5 Å². The summed E-state index contributed by atoms with van der Waals surface area (Å²) in [5.74, 6) is 2.06. The molecule has 0 fully saturated rings. The van der Waals surface area contributed by atoms with Gasteiger partial charge in [-0.3, -0.25) is 9.69 Å². The minimum Gasteiger partial charge on any atom is -0.497 e. The zero-order chi connectivity index (χ0) is 22.1. The number of hydrogen-bond donors (Lipinski definition) is 0. The number of carbonyl (C=O) groups is 1. The molecule has 0 saturated heterocycles. The summed E-state index contributed by atoms with van der Waals surface area (Å²) in [5, 5.41) is 0. The topological polar surface area (TPSA) is 42.0 Å². The predicted molar refractivity (Wildman–Crippen MR) is 124 cm³/mol. The van der Waals surface area contributed by atoms with Crippen LogP contribution in [0.3, 0.4) is 0 Å². The summed E-state index contributed by atoms with van der Waals surface area (Å²) in [6.07, 6.45) is 2.36. The van der Waals surface area contributed by atoms with Crippen LogP contribution in [0.5, 0.6) is 11.5 Å². The molecule has 0 radical (unpaired) electrons. The van der Waals surface area contributed by atoms with Crippen LogP contribution in [0, 0.1) is 0 Å². The van der Waals surface area contributed by atoms with Gasteiger partial charge in [-0.2, -0.15) is 0 Å². The number of Topliss-reactive ketones (excluding diaryl/α,β-unsaturated/α-hetero) is 1. The molecule has 2 aromatic rings. The van der Waals surface area contributed by atoms with Crippen molar-refractivity contribution in [3.8, 4) is 11.5 Å². The van der Waals surface area contributed by atoms with E-state index in [-0.39, 0.29) is 11.8 Å². The molecular formula is C25H36N2O3. The molecule has 0 saturated carbocycles. The molecule has 0 N–H and O–H groups in total. The lowest BCUT2D eigenvalue weighted by Crippen LogP contribution is -2.30. The van der Waals surface area contributed by atoms with Crippen LogP contribution >= 0.6 is 0 Å². The third-order valence-corrected chi connectivity index (χ3v) is 5.39. The molecule has 1 aliphatic heterocycles. The largest absolute Gasteiger partial charge is 0.497 e. The first-order chi connectivity index (χ1) is 14.3. The normalized spacial score (nSPS) is 13.6. The summed E-state index contributed by atoms with van der Waals surface area (Å²) in [6, 6.07) is 14.7. The third kappa shape index (κ3) is 6.77. The van der Waals surface area contributed by atoms with Gasteiger partial charge >= 0.3 is 0 Å². The molecule has 0 spiro atoms. The lowest BCUT2D eigenvalue weighted by Gasteiger charge is -2.30. The van der Waals surface area contributed by atoms with Crippen LogP contribution in [0.4, 0.5) is 5.69 Å². The Morgan fingerprint density at radius 2 is 1.93 bits per heavy atom. The van der Waals surface area contributed by atoms with Crippen molar-refractivity contribution in [3.05, 3.63) is 53.6 Å². The summed E-state index contributed by atoms with van der Waals surface area (Å²) < 4.78 is 10.8. The van der Waals surface area contributed by atoms with Gasteiger partial charge in [0.05, 0.1) is 25.9 Å². The fraction of sp³-hybridized carbons (Fsp3) is 0.480. The van der Waals surface area contributed by atoms with Crippen molar-refractivity contribution >= 4 is 11.5 Å². The van der Waals surface area contributed by atoms with E-state index in [1.807, 2.05) is 19.2 Å². The Morgan fingerprint density at radius 3 is 2.53 bits per heavy atom. The molecule has 2 aromatic carbocycles. The highest BCUT2D eigenvalue weighted by atomic mass is 16.5. The number of nitrogens with zero attached hydrogens (tertiary/aromatic N) is 2. The van der Waals surface area contributed by atoms with Gasteiger partial charge in [0.1, 0.15) is 23.9 Å². The van der Waals surface area contributed by atoms with E-state index < -0.39 is 0 Å². The monoisotopic (exact) mass is 412 g/mol. The van der Waals surface area contributed by atoms with Gasteiger partial charge in [0.25, 0.3) is 0 Å². The van der Waals surface area contributed by atoms with E-state index in [9.17, 15) is 4.79 Å². The number of carbonyl (C=O) groups excluding carboxylic acids is 1. The van der Waals surface area contributed by atoms with Crippen molar-refractivity contribution < 1.29 is 14.3 Å². The molecule has 1 heterocycles. The average molecular weight is 413 g/mol. The number of likely N-dealkylation sites (N-methyl/N-ethyl adjacent to an activating group) is 2. The van der Waals surface area contributed by atoms with Gasteiger partial charge in [0.2, 0.25) is 0 Å². The van der Waals surface area contributed by atoms with Crippen LogP contribution in [0.1, 0.15) is 44.4 Å². The van der Waals surface area contributed by atoms with Gasteiger partial charge in [0.15, 0.2) is 0 Å². The highest BCUT2D eigenvalue weighted by Crippen LogP contribution is 2.34. The summed E-state index contributed by atoms with van der Waals surface area (Å²) in [4.78, 5) is 15.4. The number of fused-ring (bicyclic) bond motifs is 1. The number of rotatable bonds is 7. The lowest BCUT2D eigenvalue weighted by atomic mass is 10.1. The molecular weight excluding hydrogens is 376 g/mol. The van der Waals surface area contributed by atoms with Crippen molar-refractivity contribution in [1.29, 1.82) is 0 Å². The molecule has 0 aromatic heterocycles. The van der Waals surface area contributed by atoms with E-state index in [1.165, 1.54) is 17.5 Å². The fourth-order valence-electron chi connectivity index (χ4n) is 3.46. The van der Waals surface area contributed by atoms with Crippen molar-refractivity contribution in [3.63, 3.8) is 0 Å². The summed E-state index contributed by atoms with van der Waals surface area (Å²) in [7, 11) is 5.74. The van der Waals surface area contributed by atoms with E-state index in [2.05, 4.69) is 61.0 Å². The standard InChI is InChI=1S/C15H22N2O2.C10H14O/c1-11(18)10-17(4)12(2)13-5-6-14-15(9-13)19-8-7-16(14)3;1-3-4-9-5-7-10(11-2)8-6-9/h5-6,9,12H,7-8,10H2,1-4H3;5-8H,3-4H2,1-2H3. The van der Waals surface area contributed by atoms with Gasteiger partial charge in [0, 0.05) is 13.1 Å². The molecule has 3 rings (SSSR count). The van der Waals surface area contributed by atoms with Crippen LogP contribution in [-0.2, 0) is 11.2 Å². The van der Waals surface area contributed by atoms with Gasteiger partial charge in [-0.05, 0) is 62.7 Å². The van der Waals surface area contributed by atoms with Crippen LogP contribution in [0.2, 0.25) is 0 Å². The Hall–Kier alpha value is -2.53. The maximum Gasteiger partial charge on any atom is 0.143 e. The Kier molecular flexibility index (Phi) is 9.18. The minimum atomic E-state index is 0.184. The molecule has 5 heteroatoms. The molecule has 0 bridgehead atoms. The highest BCUT2D eigenvalue weighted by molar-refractivity contribution is 5.77. The number of anilines is 1. The van der Waals surface area contributed by atoms with Crippen molar-refractivity contribution in [2.24, 2.45) is 0 Å². The Balaban J connectivity index is 0.000000248. The lowest BCUT2D eigenvalue weighted by molar-refractivity contribution is -0.118. The average Bonchev–Trinajstić information content (AvgIpc) is 2.74. The molecule has 1 aliphatic rings. The summed E-state index contributed by atoms with van der Waals surface area (Å²) in [5.41, 5.74) is 3.70. The zero-order valence-electron chi connectivity index (χ0n) is 19.3.